The van der Waals surface area contributed by atoms with Crippen LogP contribution in [0.15, 0.2) is 24.3 Å². The minimum Gasteiger partial charge on any atom is -0.376 e. The van der Waals surface area contributed by atoms with Crippen LogP contribution < -0.4 is 0 Å². The Balaban J connectivity index is 2.23. The van der Waals surface area contributed by atoms with Gasteiger partial charge in [-0.15, -0.1) is 0 Å². The fourth-order valence-electron chi connectivity index (χ4n) is 2.18. The van der Waals surface area contributed by atoms with E-state index in [9.17, 15) is 4.79 Å². The molecule has 0 radical (unpaired) electrons. The van der Waals surface area contributed by atoms with Gasteiger partial charge in [0, 0.05) is 23.4 Å². The van der Waals surface area contributed by atoms with E-state index in [1.807, 2.05) is 31.2 Å². The molecule has 86 valence electrons. The van der Waals surface area contributed by atoms with Crippen molar-refractivity contribution in [3.8, 4) is 0 Å². The lowest BCUT2D eigenvalue weighted by Gasteiger charge is -2.13. The minimum atomic E-state index is -0.201. The number of benzene rings is 1. The highest BCUT2D eigenvalue weighted by atomic mass is 35.5. The molecule has 2 unspecified atom stereocenters. The van der Waals surface area contributed by atoms with Crippen molar-refractivity contribution in [3.63, 3.8) is 0 Å². The maximum Gasteiger partial charge on any atom is 0.227 e. The molecule has 1 fully saturated rings. The number of hydrogen-bond donors (Lipinski definition) is 1. The molecule has 2 atom stereocenters. The maximum absolute atomic E-state index is 11.7. The fourth-order valence-corrected chi connectivity index (χ4v) is 2.30. The third-order valence-corrected chi connectivity index (χ3v) is 3.44. The van der Waals surface area contributed by atoms with Crippen molar-refractivity contribution >= 4 is 17.5 Å². The summed E-state index contributed by atoms with van der Waals surface area (Å²) in [6, 6.07) is 7.54. The smallest absolute Gasteiger partial charge is 0.227 e. The van der Waals surface area contributed by atoms with E-state index in [-0.39, 0.29) is 24.5 Å². The molecule has 4 heteroatoms. The number of rotatable bonds is 2. The van der Waals surface area contributed by atoms with Gasteiger partial charge in [0.2, 0.25) is 5.91 Å². The molecule has 3 nitrogen and oxygen atoms in total. The number of aliphatic hydroxyl groups excluding tert-OH is 1. The highest BCUT2D eigenvalue weighted by Crippen LogP contribution is 2.33. The first kappa shape index (κ1) is 11.4. The Morgan fingerprint density at radius 1 is 1.44 bits per heavy atom. The van der Waals surface area contributed by atoms with Crippen molar-refractivity contribution in [2.45, 2.75) is 12.8 Å². The van der Waals surface area contributed by atoms with Crippen LogP contribution in [0.4, 0.5) is 0 Å². The summed E-state index contributed by atoms with van der Waals surface area (Å²) in [5.41, 5.74) is 1.10. The van der Waals surface area contributed by atoms with Gasteiger partial charge in [0.25, 0.3) is 0 Å². The first-order valence-electron chi connectivity index (χ1n) is 5.28. The van der Waals surface area contributed by atoms with Crippen LogP contribution in [0.5, 0.6) is 0 Å². The molecule has 16 heavy (non-hydrogen) atoms. The van der Waals surface area contributed by atoms with Crippen LogP contribution in [0.1, 0.15) is 18.4 Å². The Labute approximate surface area is 99.6 Å². The van der Waals surface area contributed by atoms with Crippen LogP contribution in [0.3, 0.4) is 0 Å². The minimum absolute atomic E-state index is 0.0162. The van der Waals surface area contributed by atoms with Crippen LogP contribution in [0.25, 0.3) is 0 Å². The Bertz CT molecular complexity index is 391. The monoisotopic (exact) mass is 239 g/mol. The van der Waals surface area contributed by atoms with Crippen molar-refractivity contribution in [3.05, 3.63) is 34.9 Å². The zero-order valence-corrected chi connectivity index (χ0v) is 9.81. The molecule has 1 aliphatic heterocycles. The van der Waals surface area contributed by atoms with Gasteiger partial charge in [0.05, 0.1) is 0 Å². The number of carbonyl (C=O) groups excluding carboxylic acids is 1. The van der Waals surface area contributed by atoms with Crippen molar-refractivity contribution in [1.82, 2.24) is 4.90 Å². The lowest BCUT2D eigenvalue weighted by molar-refractivity contribution is -0.133. The van der Waals surface area contributed by atoms with Gasteiger partial charge in [0.1, 0.15) is 6.73 Å². The third kappa shape index (κ3) is 1.93. The second-order valence-electron chi connectivity index (χ2n) is 4.15. The number of likely N-dealkylation sites (tertiary alicyclic amines) is 1. The van der Waals surface area contributed by atoms with E-state index in [1.54, 1.807) is 0 Å². The molecule has 0 saturated carbocycles. The van der Waals surface area contributed by atoms with Gasteiger partial charge in [0.15, 0.2) is 0 Å². The molecule has 1 heterocycles. The summed E-state index contributed by atoms with van der Waals surface area (Å²) in [5, 5.41) is 9.74. The lowest BCUT2D eigenvalue weighted by atomic mass is 9.90. The van der Waals surface area contributed by atoms with E-state index < -0.39 is 0 Å². The average Bonchev–Trinajstić information content (AvgIpc) is 2.57. The number of hydrogen-bond acceptors (Lipinski definition) is 2. The molecule has 1 amide bonds. The van der Waals surface area contributed by atoms with E-state index in [4.69, 9.17) is 16.7 Å². The second kappa shape index (κ2) is 4.44. The van der Waals surface area contributed by atoms with Crippen LogP contribution in [-0.4, -0.2) is 29.2 Å². The SMILES string of the molecule is CC1C(=O)N(CO)CC1c1ccc(Cl)cc1. The zero-order chi connectivity index (χ0) is 11.7. The first-order chi connectivity index (χ1) is 7.63. The largest absolute Gasteiger partial charge is 0.376 e. The van der Waals surface area contributed by atoms with Gasteiger partial charge < -0.3 is 10.0 Å². The molecule has 1 N–H and O–H groups in total. The molecular formula is C12H14ClNO2. The summed E-state index contributed by atoms with van der Waals surface area (Å²) in [6.07, 6.45) is 0. The topological polar surface area (TPSA) is 40.5 Å². The maximum atomic E-state index is 11.7. The van der Waals surface area contributed by atoms with Crippen molar-refractivity contribution in [1.29, 1.82) is 0 Å². The van der Waals surface area contributed by atoms with Gasteiger partial charge in [-0.05, 0) is 17.7 Å². The quantitative estimate of drug-likeness (QED) is 0.856. The predicted molar refractivity (Wildman–Crippen MR) is 62.2 cm³/mol. The molecule has 0 bridgehead atoms. The number of nitrogens with zero attached hydrogens (tertiary/aromatic N) is 1. The number of halogens is 1. The van der Waals surface area contributed by atoms with Gasteiger partial charge in [-0.2, -0.15) is 0 Å². The van der Waals surface area contributed by atoms with Gasteiger partial charge in [-0.25, -0.2) is 0 Å². The number of amides is 1. The molecular weight excluding hydrogens is 226 g/mol. The molecule has 1 aromatic carbocycles. The van der Waals surface area contributed by atoms with Gasteiger partial charge >= 0.3 is 0 Å². The Morgan fingerprint density at radius 3 is 2.56 bits per heavy atom. The summed E-state index contributed by atoms with van der Waals surface area (Å²) < 4.78 is 0. The highest BCUT2D eigenvalue weighted by Gasteiger charge is 2.37. The summed E-state index contributed by atoms with van der Waals surface area (Å²) in [4.78, 5) is 13.2. The molecule has 1 aliphatic rings. The first-order valence-corrected chi connectivity index (χ1v) is 5.66. The summed E-state index contributed by atoms with van der Waals surface area (Å²) in [5.74, 6) is 0.0905. The van der Waals surface area contributed by atoms with E-state index in [0.29, 0.717) is 11.6 Å². The summed E-state index contributed by atoms with van der Waals surface area (Å²) in [7, 11) is 0. The number of aliphatic hydroxyl groups is 1. The predicted octanol–water partition coefficient (Wildman–Crippen LogP) is 1.85. The normalized spacial score (nSPS) is 25.2. The van der Waals surface area contributed by atoms with E-state index in [0.717, 1.165) is 5.56 Å². The van der Waals surface area contributed by atoms with Gasteiger partial charge in [-0.3, -0.25) is 4.79 Å². The molecule has 0 aromatic heterocycles. The molecule has 0 aliphatic carbocycles. The highest BCUT2D eigenvalue weighted by molar-refractivity contribution is 6.30. The Hall–Kier alpha value is -1.06. The van der Waals surface area contributed by atoms with Crippen molar-refractivity contribution in [2.75, 3.05) is 13.3 Å². The van der Waals surface area contributed by atoms with E-state index >= 15 is 0 Å². The third-order valence-electron chi connectivity index (χ3n) is 3.19. The van der Waals surface area contributed by atoms with E-state index in [2.05, 4.69) is 0 Å². The fraction of sp³-hybridized carbons (Fsp3) is 0.417. The van der Waals surface area contributed by atoms with E-state index in [1.165, 1.54) is 4.90 Å². The Kier molecular flexibility index (Phi) is 3.17. The second-order valence-corrected chi connectivity index (χ2v) is 4.59. The molecule has 0 spiro atoms. The van der Waals surface area contributed by atoms with Gasteiger partial charge in [-0.1, -0.05) is 30.7 Å². The lowest BCUT2D eigenvalue weighted by Crippen LogP contribution is -2.27. The van der Waals surface area contributed by atoms with Crippen LogP contribution in [0.2, 0.25) is 5.02 Å². The molecule has 1 saturated heterocycles. The standard InChI is InChI=1S/C12H14ClNO2/c1-8-11(6-14(7-15)12(8)16)9-2-4-10(13)5-3-9/h2-5,8,11,15H,6-7H2,1H3. The van der Waals surface area contributed by atoms with Crippen molar-refractivity contribution in [2.24, 2.45) is 5.92 Å². The van der Waals surface area contributed by atoms with Crippen LogP contribution in [0, 0.1) is 5.92 Å². The molecule has 2 rings (SSSR count). The van der Waals surface area contributed by atoms with Crippen LogP contribution in [-0.2, 0) is 4.79 Å². The van der Waals surface area contributed by atoms with Crippen LogP contribution >= 0.6 is 11.6 Å². The zero-order valence-electron chi connectivity index (χ0n) is 9.06. The average molecular weight is 240 g/mol. The number of carbonyl (C=O) groups is 1. The molecule has 1 aromatic rings. The summed E-state index contributed by atoms with van der Waals surface area (Å²) in [6.45, 7) is 2.28. The Morgan fingerprint density at radius 2 is 2.06 bits per heavy atom. The van der Waals surface area contributed by atoms with Crippen molar-refractivity contribution < 1.29 is 9.90 Å². The summed E-state index contributed by atoms with van der Waals surface area (Å²) >= 11 is 5.82.